The summed E-state index contributed by atoms with van der Waals surface area (Å²) in [7, 11) is 1.49. The van der Waals surface area contributed by atoms with Gasteiger partial charge in [-0.15, -0.1) is 0 Å². The monoisotopic (exact) mass is 218 g/mol. The Kier molecular flexibility index (Phi) is 2.25. The number of ether oxygens (including phenoxy) is 1. The molecule has 0 saturated heterocycles. The van der Waals surface area contributed by atoms with Gasteiger partial charge in [0.15, 0.2) is 8.79 Å². The van der Waals surface area contributed by atoms with E-state index in [4.69, 9.17) is 10.00 Å². The van der Waals surface area contributed by atoms with E-state index >= 15 is 0 Å². The number of halogens is 1. The summed E-state index contributed by atoms with van der Waals surface area (Å²) in [5.74, 6) is 0.388. The fourth-order valence-corrected chi connectivity index (χ4v) is 1.70. The molecule has 5 heteroatoms. The summed E-state index contributed by atoms with van der Waals surface area (Å²) >= 11 is 4.40. The first-order valence-corrected chi connectivity index (χ1v) is 3.99. The summed E-state index contributed by atoms with van der Waals surface area (Å²) in [5.41, 5.74) is 0. The molecule has 10 heavy (non-hydrogen) atoms. The van der Waals surface area contributed by atoms with Gasteiger partial charge in [0.2, 0.25) is 5.88 Å². The van der Waals surface area contributed by atoms with Gasteiger partial charge in [-0.1, -0.05) is 11.3 Å². The maximum Gasteiger partial charge on any atom is 0.243 e. The standard InChI is InChI=1S/C5H3BrN2OS/c1-9-4-3(2-7)10-5(6)8-4/h1H3. The van der Waals surface area contributed by atoms with Crippen LogP contribution in [0.4, 0.5) is 0 Å². The fraction of sp³-hybridized carbons (Fsp3) is 0.200. The molecule has 0 bridgehead atoms. The highest BCUT2D eigenvalue weighted by atomic mass is 79.9. The largest absolute Gasteiger partial charge is 0.479 e. The molecule has 0 fully saturated rings. The Balaban J connectivity index is 3.12. The average Bonchev–Trinajstić information content (AvgIpc) is 2.30. The molecule has 0 atom stereocenters. The van der Waals surface area contributed by atoms with Crippen LogP contribution < -0.4 is 4.74 Å². The number of nitriles is 1. The zero-order valence-electron chi connectivity index (χ0n) is 5.09. The highest BCUT2D eigenvalue weighted by Crippen LogP contribution is 2.27. The first-order valence-electron chi connectivity index (χ1n) is 2.38. The smallest absolute Gasteiger partial charge is 0.243 e. The third kappa shape index (κ3) is 1.28. The summed E-state index contributed by atoms with van der Waals surface area (Å²) in [6.45, 7) is 0. The Hall–Kier alpha value is -0.600. The topological polar surface area (TPSA) is 45.9 Å². The van der Waals surface area contributed by atoms with E-state index in [1.54, 1.807) is 0 Å². The third-order valence-corrected chi connectivity index (χ3v) is 2.26. The van der Waals surface area contributed by atoms with Gasteiger partial charge in [-0.05, 0) is 15.9 Å². The molecular weight excluding hydrogens is 216 g/mol. The molecule has 0 aliphatic carbocycles. The molecule has 1 aromatic rings. The molecular formula is C5H3BrN2OS. The van der Waals surface area contributed by atoms with Crippen LogP contribution in [-0.2, 0) is 0 Å². The van der Waals surface area contributed by atoms with Crippen LogP contribution in [0.25, 0.3) is 0 Å². The lowest BCUT2D eigenvalue weighted by Crippen LogP contribution is -1.83. The number of hydrogen-bond donors (Lipinski definition) is 0. The lowest BCUT2D eigenvalue weighted by atomic mass is 10.6. The van der Waals surface area contributed by atoms with E-state index in [9.17, 15) is 0 Å². The van der Waals surface area contributed by atoms with Crippen molar-refractivity contribution in [2.75, 3.05) is 7.11 Å². The summed E-state index contributed by atoms with van der Waals surface area (Å²) < 4.78 is 5.47. The van der Waals surface area contributed by atoms with Gasteiger partial charge in [-0.3, -0.25) is 0 Å². The molecule has 0 N–H and O–H groups in total. The normalized spacial score (nSPS) is 8.90. The fourth-order valence-electron chi connectivity index (χ4n) is 0.490. The van der Waals surface area contributed by atoms with Crippen molar-refractivity contribution in [2.45, 2.75) is 0 Å². The van der Waals surface area contributed by atoms with Crippen molar-refractivity contribution < 1.29 is 4.74 Å². The number of nitrogens with zero attached hydrogens (tertiary/aromatic N) is 2. The molecule has 1 rings (SSSR count). The van der Waals surface area contributed by atoms with Crippen LogP contribution in [0.15, 0.2) is 3.92 Å². The van der Waals surface area contributed by atoms with E-state index in [1.165, 1.54) is 18.4 Å². The van der Waals surface area contributed by atoms with Gasteiger partial charge in [0.1, 0.15) is 6.07 Å². The average molecular weight is 219 g/mol. The predicted octanol–water partition coefficient (Wildman–Crippen LogP) is 1.79. The van der Waals surface area contributed by atoms with Crippen molar-refractivity contribution in [1.29, 1.82) is 5.26 Å². The Morgan fingerprint density at radius 2 is 2.50 bits per heavy atom. The minimum atomic E-state index is 0.388. The second-order valence-electron chi connectivity index (χ2n) is 1.42. The Morgan fingerprint density at radius 3 is 2.90 bits per heavy atom. The second-order valence-corrected chi connectivity index (χ2v) is 3.69. The van der Waals surface area contributed by atoms with Gasteiger partial charge in [-0.2, -0.15) is 10.2 Å². The molecule has 1 heterocycles. The quantitative estimate of drug-likeness (QED) is 0.723. The van der Waals surface area contributed by atoms with Crippen LogP contribution in [0.3, 0.4) is 0 Å². The van der Waals surface area contributed by atoms with Crippen LogP contribution in [0.2, 0.25) is 0 Å². The highest BCUT2D eigenvalue weighted by molar-refractivity contribution is 9.11. The number of hydrogen-bond acceptors (Lipinski definition) is 4. The van der Waals surface area contributed by atoms with E-state index in [1.807, 2.05) is 6.07 Å². The molecule has 0 amide bonds. The van der Waals surface area contributed by atoms with Gasteiger partial charge >= 0.3 is 0 Å². The van der Waals surface area contributed by atoms with Crippen molar-refractivity contribution in [2.24, 2.45) is 0 Å². The summed E-state index contributed by atoms with van der Waals surface area (Å²) in [6, 6.07) is 1.97. The molecule has 0 aliphatic heterocycles. The van der Waals surface area contributed by atoms with Crippen molar-refractivity contribution in [3.05, 3.63) is 8.79 Å². The van der Waals surface area contributed by atoms with Gasteiger partial charge < -0.3 is 4.74 Å². The van der Waals surface area contributed by atoms with E-state index in [-0.39, 0.29) is 0 Å². The van der Waals surface area contributed by atoms with Crippen LogP contribution in [-0.4, -0.2) is 12.1 Å². The molecule has 0 aromatic carbocycles. The van der Waals surface area contributed by atoms with Crippen molar-refractivity contribution >= 4 is 27.3 Å². The zero-order valence-corrected chi connectivity index (χ0v) is 7.49. The summed E-state index contributed by atoms with van der Waals surface area (Å²) in [6.07, 6.45) is 0. The summed E-state index contributed by atoms with van der Waals surface area (Å²) in [4.78, 5) is 4.39. The Labute approximate surface area is 70.4 Å². The molecule has 0 unspecified atom stereocenters. The second kappa shape index (κ2) is 2.99. The van der Waals surface area contributed by atoms with Crippen LogP contribution in [0.1, 0.15) is 4.88 Å². The minimum Gasteiger partial charge on any atom is -0.479 e. The summed E-state index contributed by atoms with van der Waals surface area (Å²) in [5, 5.41) is 8.48. The molecule has 3 nitrogen and oxygen atoms in total. The van der Waals surface area contributed by atoms with Crippen molar-refractivity contribution in [3.8, 4) is 11.9 Å². The molecule has 0 saturated carbocycles. The van der Waals surface area contributed by atoms with Gasteiger partial charge in [-0.25, -0.2) is 0 Å². The number of thiazole rings is 1. The van der Waals surface area contributed by atoms with Crippen molar-refractivity contribution in [1.82, 2.24) is 4.98 Å². The number of methoxy groups -OCH3 is 1. The van der Waals surface area contributed by atoms with Crippen molar-refractivity contribution in [3.63, 3.8) is 0 Å². The Bertz CT molecular complexity index is 278. The Morgan fingerprint density at radius 1 is 1.80 bits per heavy atom. The zero-order chi connectivity index (χ0) is 7.56. The predicted molar refractivity (Wildman–Crippen MR) is 41.1 cm³/mol. The highest BCUT2D eigenvalue weighted by Gasteiger charge is 2.07. The van der Waals surface area contributed by atoms with Crippen LogP contribution in [0, 0.1) is 11.3 Å². The first kappa shape index (κ1) is 7.51. The van der Waals surface area contributed by atoms with Gasteiger partial charge in [0, 0.05) is 0 Å². The molecule has 0 radical (unpaired) electrons. The number of aromatic nitrogens is 1. The van der Waals surface area contributed by atoms with Crippen LogP contribution in [0.5, 0.6) is 5.88 Å². The van der Waals surface area contributed by atoms with E-state index in [2.05, 4.69) is 20.9 Å². The van der Waals surface area contributed by atoms with Gasteiger partial charge in [0.05, 0.1) is 7.11 Å². The molecule has 1 aromatic heterocycles. The van der Waals surface area contributed by atoms with E-state index in [0.29, 0.717) is 14.7 Å². The molecule has 0 spiro atoms. The van der Waals surface area contributed by atoms with E-state index in [0.717, 1.165) is 0 Å². The maximum atomic E-state index is 8.48. The third-order valence-electron chi connectivity index (χ3n) is 0.865. The molecule has 52 valence electrons. The first-order chi connectivity index (χ1) is 4.77. The lowest BCUT2D eigenvalue weighted by molar-refractivity contribution is 0.399. The van der Waals surface area contributed by atoms with Crippen LogP contribution >= 0.6 is 27.3 Å². The number of rotatable bonds is 1. The van der Waals surface area contributed by atoms with E-state index < -0.39 is 0 Å². The molecule has 0 aliphatic rings. The lowest BCUT2D eigenvalue weighted by Gasteiger charge is -1.88. The van der Waals surface area contributed by atoms with Gasteiger partial charge in [0.25, 0.3) is 0 Å². The maximum absolute atomic E-state index is 8.48. The SMILES string of the molecule is COc1nc(Br)sc1C#N. The minimum absolute atomic E-state index is 0.388.